The Labute approximate surface area is 117 Å². The van der Waals surface area contributed by atoms with E-state index in [-0.39, 0.29) is 6.61 Å². The minimum Gasteiger partial charge on any atom is -0.492 e. The van der Waals surface area contributed by atoms with E-state index < -0.39 is 5.63 Å². The average molecular weight is 277 g/mol. The highest BCUT2D eigenvalue weighted by molar-refractivity contribution is 5.83. The van der Waals surface area contributed by atoms with Gasteiger partial charge < -0.3 is 19.2 Å². The second-order valence-corrected chi connectivity index (χ2v) is 4.92. The van der Waals surface area contributed by atoms with Crippen LogP contribution in [0.1, 0.15) is 12.0 Å². The molecule has 0 saturated heterocycles. The molecule has 0 amide bonds. The fraction of sp³-hybridized carbons (Fsp3) is 0.400. The van der Waals surface area contributed by atoms with E-state index in [0.717, 1.165) is 18.4 Å². The second kappa shape index (κ2) is 6.54. The van der Waals surface area contributed by atoms with Crippen LogP contribution < -0.4 is 10.4 Å². The third-order valence-electron chi connectivity index (χ3n) is 2.96. The topological polar surface area (TPSA) is 62.9 Å². The first-order valence-corrected chi connectivity index (χ1v) is 6.55. The molecular weight excluding hydrogens is 258 g/mol. The van der Waals surface area contributed by atoms with Gasteiger partial charge in [-0.15, -0.1) is 0 Å². The SMILES string of the molecule is CN(C)CCCOc1cc(=O)oc2cc(CO)ccc12. The molecule has 20 heavy (non-hydrogen) atoms. The van der Waals surface area contributed by atoms with E-state index >= 15 is 0 Å². The molecule has 5 heteroatoms. The van der Waals surface area contributed by atoms with E-state index in [2.05, 4.69) is 4.90 Å². The maximum Gasteiger partial charge on any atom is 0.339 e. The Hall–Kier alpha value is -1.85. The molecule has 1 heterocycles. The summed E-state index contributed by atoms with van der Waals surface area (Å²) in [7, 11) is 4.01. The van der Waals surface area contributed by atoms with Gasteiger partial charge in [-0.2, -0.15) is 0 Å². The van der Waals surface area contributed by atoms with Crippen molar-refractivity contribution in [1.82, 2.24) is 4.90 Å². The molecule has 0 unspecified atom stereocenters. The van der Waals surface area contributed by atoms with Gasteiger partial charge in [0, 0.05) is 6.54 Å². The maximum atomic E-state index is 11.5. The average Bonchev–Trinajstić information content (AvgIpc) is 2.42. The van der Waals surface area contributed by atoms with Crippen molar-refractivity contribution in [1.29, 1.82) is 0 Å². The predicted molar refractivity (Wildman–Crippen MR) is 77.1 cm³/mol. The van der Waals surface area contributed by atoms with Crippen molar-refractivity contribution < 1.29 is 14.3 Å². The minimum atomic E-state index is -0.449. The lowest BCUT2D eigenvalue weighted by molar-refractivity contribution is 0.280. The number of hydrogen-bond acceptors (Lipinski definition) is 5. The summed E-state index contributed by atoms with van der Waals surface area (Å²) in [5.74, 6) is 0.527. The Bertz CT molecular complexity index is 633. The molecule has 1 N–H and O–H groups in total. The van der Waals surface area contributed by atoms with Crippen LogP contribution in [0.5, 0.6) is 5.75 Å². The van der Waals surface area contributed by atoms with Crippen molar-refractivity contribution in [3.05, 3.63) is 40.2 Å². The zero-order chi connectivity index (χ0) is 14.5. The number of rotatable bonds is 6. The van der Waals surface area contributed by atoms with Gasteiger partial charge in [-0.05, 0) is 38.2 Å². The first-order chi connectivity index (χ1) is 9.60. The summed E-state index contributed by atoms with van der Waals surface area (Å²) in [6, 6.07) is 6.60. The smallest absolute Gasteiger partial charge is 0.339 e. The zero-order valence-electron chi connectivity index (χ0n) is 11.8. The van der Waals surface area contributed by atoms with E-state index in [1.54, 1.807) is 18.2 Å². The quantitative estimate of drug-likeness (QED) is 0.642. The van der Waals surface area contributed by atoms with E-state index in [0.29, 0.717) is 23.5 Å². The zero-order valence-corrected chi connectivity index (χ0v) is 11.8. The molecule has 108 valence electrons. The lowest BCUT2D eigenvalue weighted by atomic mass is 10.1. The number of benzene rings is 1. The summed E-state index contributed by atoms with van der Waals surface area (Å²) >= 11 is 0. The summed E-state index contributed by atoms with van der Waals surface area (Å²) in [4.78, 5) is 13.6. The van der Waals surface area contributed by atoms with Crippen molar-refractivity contribution in [3.63, 3.8) is 0 Å². The number of hydrogen-bond donors (Lipinski definition) is 1. The summed E-state index contributed by atoms with van der Waals surface area (Å²) in [5.41, 5.74) is 0.687. The van der Waals surface area contributed by atoms with Gasteiger partial charge in [0.25, 0.3) is 0 Å². The molecule has 2 rings (SSSR count). The highest BCUT2D eigenvalue weighted by Crippen LogP contribution is 2.24. The summed E-state index contributed by atoms with van der Waals surface area (Å²) in [5, 5.41) is 9.85. The molecule has 0 fully saturated rings. The summed E-state index contributed by atoms with van der Waals surface area (Å²) < 4.78 is 10.8. The predicted octanol–water partition coefficient (Wildman–Crippen LogP) is 1.62. The molecule has 0 aliphatic heterocycles. The Balaban J connectivity index is 2.21. The third kappa shape index (κ3) is 3.59. The molecule has 0 aliphatic rings. The maximum absolute atomic E-state index is 11.5. The molecule has 0 atom stereocenters. The fourth-order valence-electron chi connectivity index (χ4n) is 1.96. The van der Waals surface area contributed by atoms with Crippen molar-refractivity contribution >= 4 is 11.0 Å². The molecule has 5 nitrogen and oxygen atoms in total. The molecule has 0 bridgehead atoms. The molecule has 2 aromatic rings. The second-order valence-electron chi connectivity index (χ2n) is 4.92. The van der Waals surface area contributed by atoms with E-state index in [1.165, 1.54) is 6.07 Å². The minimum absolute atomic E-state index is 0.0897. The summed E-state index contributed by atoms with van der Waals surface area (Å²) in [6.07, 6.45) is 0.878. The summed E-state index contributed by atoms with van der Waals surface area (Å²) in [6.45, 7) is 1.38. The highest BCUT2D eigenvalue weighted by atomic mass is 16.5. The van der Waals surface area contributed by atoms with E-state index in [1.807, 2.05) is 14.1 Å². The van der Waals surface area contributed by atoms with Gasteiger partial charge in [-0.25, -0.2) is 4.79 Å². The van der Waals surface area contributed by atoms with Crippen LogP contribution in [-0.4, -0.2) is 37.3 Å². The van der Waals surface area contributed by atoms with E-state index in [4.69, 9.17) is 14.3 Å². The van der Waals surface area contributed by atoms with Crippen LogP contribution in [-0.2, 0) is 6.61 Å². The van der Waals surface area contributed by atoms with E-state index in [9.17, 15) is 4.79 Å². The molecular formula is C15H19NO4. The normalized spacial score (nSPS) is 11.2. The number of nitrogens with zero attached hydrogens (tertiary/aromatic N) is 1. The van der Waals surface area contributed by atoms with Crippen molar-refractivity contribution in [2.24, 2.45) is 0 Å². The van der Waals surface area contributed by atoms with Crippen LogP contribution >= 0.6 is 0 Å². The van der Waals surface area contributed by atoms with Crippen molar-refractivity contribution in [2.75, 3.05) is 27.2 Å². The van der Waals surface area contributed by atoms with Crippen molar-refractivity contribution in [2.45, 2.75) is 13.0 Å². The number of fused-ring (bicyclic) bond motifs is 1. The molecule has 1 aromatic heterocycles. The van der Waals surface area contributed by atoms with Gasteiger partial charge in [-0.1, -0.05) is 6.07 Å². The first-order valence-electron chi connectivity index (χ1n) is 6.55. The Kier molecular flexibility index (Phi) is 4.76. The molecule has 0 radical (unpaired) electrons. The van der Waals surface area contributed by atoms with Crippen LogP contribution in [0.3, 0.4) is 0 Å². The van der Waals surface area contributed by atoms with Crippen LogP contribution in [0.15, 0.2) is 33.5 Å². The molecule has 0 aliphatic carbocycles. The van der Waals surface area contributed by atoms with Gasteiger partial charge in [-0.3, -0.25) is 0 Å². The van der Waals surface area contributed by atoms with Gasteiger partial charge in [0.2, 0.25) is 0 Å². The van der Waals surface area contributed by atoms with Gasteiger partial charge in [0.15, 0.2) is 0 Å². The van der Waals surface area contributed by atoms with Gasteiger partial charge in [0.1, 0.15) is 11.3 Å². The fourth-order valence-corrected chi connectivity index (χ4v) is 1.96. The van der Waals surface area contributed by atoms with Crippen molar-refractivity contribution in [3.8, 4) is 5.75 Å². The molecule has 1 aromatic carbocycles. The van der Waals surface area contributed by atoms with Gasteiger partial charge in [0.05, 0.1) is 24.7 Å². The highest BCUT2D eigenvalue weighted by Gasteiger charge is 2.07. The molecule has 0 saturated carbocycles. The lowest BCUT2D eigenvalue weighted by Crippen LogP contribution is -2.15. The third-order valence-corrected chi connectivity index (χ3v) is 2.96. The Morgan fingerprint density at radius 2 is 2.10 bits per heavy atom. The number of aliphatic hydroxyl groups excluding tert-OH is 1. The number of aliphatic hydroxyl groups is 1. The van der Waals surface area contributed by atoms with Crippen LogP contribution in [0, 0.1) is 0 Å². The van der Waals surface area contributed by atoms with Crippen LogP contribution in [0.4, 0.5) is 0 Å². The number of ether oxygens (including phenoxy) is 1. The van der Waals surface area contributed by atoms with Crippen LogP contribution in [0.25, 0.3) is 11.0 Å². The first kappa shape index (κ1) is 14.6. The monoisotopic (exact) mass is 277 g/mol. The Morgan fingerprint density at radius 1 is 1.30 bits per heavy atom. The largest absolute Gasteiger partial charge is 0.492 e. The van der Waals surface area contributed by atoms with Gasteiger partial charge >= 0.3 is 5.63 Å². The Morgan fingerprint density at radius 3 is 2.80 bits per heavy atom. The van der Waals surface area contributed by atoms with Crippen LogP contribution in [0.2, 0.25) is 0 Å². The lowest BCUT2D eigenvalue weighted by Gasteiger charge is -2.11. The molecule has 0 spiro atoms. The standard InChI is InChI=1S/C15H19NO4/c1-16(2)6-3-7-19-13-9-15(18)20-14-8-11(10-17)4-5-12(13)14/h4-5,8-9,17H,3,6-7,10H2,1-2H3.